The average molecular weight is 348 g/mol. The van der Waals surface area contributed by atoms with Crippen LogP contribution in [0.2, 0.25) is 0 Å². The monoisotopic (exact) mass is 348 g/mol. The number of anilines is 1. The third-order valence-electron chi connectivity index (χ3n) is 3.69. The Balaban J connectivity index is 1.74. The minimum absolute atomic E-state index is 0.223. The molecular weight excluding hydrogens is 328 g/mol. The number of hydrogen-bond acceptors (Lipinski definition) is 4. The van der Waals surface area contributed by atoms with Crippen LogP contribution in [0, 0.1) is 0 Å². The van der Waals surface area contributed by atoms with Crippen molar-refractivity contribution in [3.8, 4) is 16.9 Å². The Kier molecular flexibility index (Phi) is 5.43. The van der Waals surface area contributed by atoms with Gasteiger partial charge < -0.3 is 10.1 Å². The normalized spacial score (nSPS) is 10.8. The van der Waals surface area contributed by atoms with Crippen LogP contribution in [-0.2, 0) is 11.8 Å². The highest BCUT2D eigenvalue weighted by Crippen LogP contribution is 2.23. The van der Waals surface area contributed by atoms with E-state index in [0.717, 1.165) is 22.4 Å². The molecule has 6 nitrogen and oxygen atoms in total. The SMILES string of the molecule is CCOc1cccc(NC(=O)/C=C/c2cnccc2-c2cnn(C)c2)c1. The van der Waals surface area contributed by atoms with Crippen LogP contribution in [0.3, 0.4) is 0 Å². The van der Waals surface area contributed by atoms with E-state index in [1.54, 1.807) is 35.4 Å². The molecule has 0 atom stereocenters. The van der Waals surface area contributed by atoms with Gasteiger partial charge in [-0.25, -0.2) is 0 Å². The molecule has 0 aliphatic carbocycles. The Labute approximate surface area is 152 Å². The lowest BCUT2D eigenvalue weighted by Crippen LogP contribution is -2.07. The predicted octanol–water partition coefficient (Wildman–Crippen LogP) is 3.53. The van der Waals surface area contributed by atoms with Crippen molar-refractivity contribution in [2.24, 2.45) is 7.05 Å². The number of amides is 1. The Morgan fingerprint density at radius 1 is 1.31 bits per heavy atom. The highest BCUT2D eigenvalue weighted by Gasteiger charge is 2.06. The molecule has 0 fully saturated rings. The molecule has 3 aromatic rings. The molecule has 0 saturated carbocycles. The second-order valence-corrected chi connectivity index (χ2v) is 5.65. The maximum atomic E-state index is 12.2. The summed E-state index contributed by atoms with van der Waals surface area (Å²) < 4.78 is 7.18. The van der Waals surface area contributed by atoms with E-state index in [4.69, 9.17) is 4.74 Å². The van der Waals surface area contributed by atoms with Gasteiger partial charge in [-0.05, 0) is 36.8 Å². The molecule has 6 heteroatoms. The summed E-state index contributed by atoms with van der Waals surface area (Å²) in [6.07, 6.45) is 10.4. The molecule has 0 radical (unpaired) electrons. The van der Waals surface area contributed by atoms with Crippen molar-refractivity contribution in [2.45, 2.75) is 6.92 Å². The van der Waals surface area contributed by atoms with Crippen molar-refractivity contribution in [1.29, 1.82) is 0 Å². The number of hydrogen-bond donors (Lipinski definition) is 1. The van der Waals surface area contributed by atoms with E-state index in [1.165, 1.54) is 6.08 Å². The molecule has 0 aliphatic rings. The van der Waals surface area contributed by atoms with E-state index in [0.29, 0.717) is 12.3 Å². The molecule has 3 rings (SSSR count). The zero-order chi connectivity index (χ0) is 18.4. The van der Waals surface area contributed by atoms with E-state index in [1.807, 2.05) is 44.4 Å². The van der Waals surface area contributed by atoms with Crippen LogP contribution in [-0.4, -0.2) is 27.3 Å². The quantitative estimate of drug-likeness (QED) is 0.692. The standard InChI is InChI=1S/C20H20N4O2/c1-3-26-18-6-4-5-17(11-18)23-20(25)8-7-15-12-21-10-9-19(15)16-13-22-24(2)14-16/h4-14H,3H2,1-2H3,(H,23,25)/b8-7+. The fraction of sp³-hybridized carbons (Fsp3) is 0.150. The first-order valence-electron chi connectivity index (χ1n) is 8.30. The first kappa shape index (κ1) is 17.4. The first-order valence-corrected chi connectivity index (χ1v) is 8.30. The molecule has 0 saturated heterocycles. The molecule has 26 heavy (non-hydrogen) atoms. The molecule has 1 aromatic carbocycles. The molecule has 132 valence electrons. The maximum absolute atomic E-state index is 12.2. The van der Waals surface area contributed by atoms with Crippen LogP contribution in [0.5, 0.6) is 5.75 Å². The first-order chi connectivity index (χ1) is 12.7. The second-order valence-electron chi connectivity index (χ2n) is 5.65. The predicted molar refractivity (Wildman–Crippen MR) is 102 cm³/mol. The van der Waals surface area contributed by atoms with Gasteiger partial charge in [0.15, 0.2) is 0 Å². The minimum atomic E-state index is -0.223. The molecule has 1 N–H and O–H groups in total. The highest BCUT2D eigenvalue weighted by molar-refractivity contribution is 6.02. The van der Waals surface area contributed by atoms with Crippen LogP contribution in [0.25, 0.3) is 17.2 Å². The van der Waals surface area contributed by atoms with Crippen molar-refractivity contribution in [3.05, 3.63) is 66.8 Å². The summed E-state index contributed by atoms with van der Waals surface area (Å²) in [6.45, 7) is 2.50. The molecular formula is C20H20N4O2. The van der Waals surface area contributed by atoms with E-state index in [9.17, 15) is 4.79 Å². The molecule has 0 bridgehead atoms. The Morgan fingerprint density at radius 2 is 2.19 bits per heavy atom. The summed E-state index contributed by atoms with van der Waals surface area (Å²) in [6, 6.07) is 9.21. The van der Waals surface area contributed by atoms with E-state index in [-0.39, 0.29) is 5.91 Å². The van der Waals surface area contributed by atoms with Gasteiger partial charge in [-0.15, -0.1) is 0 Å². The van der Waals surface area contributed by atoms with Gasteiger partial charge in [0.2, 0.25) is 5.91 Å². The number of carbonyl (C=O) groups excluding carboxylic acids is 1. The number of nitrogens with one attached hydrogen (secondary N) is 1. The van der Waals surface area contributed by atoms with Gasteiger partial charge in [-0.3, -0.25) is 14.5 Å². The minimum Gasteiger partial charge on any atom is -0.494 e. The molecule has 0 spiro atoms. The van der Waals surface area contributed by atoms with Crippen molar-refractivity contribution in [3.63, 3.8) is 0 Å². The maximum Gasteiger partial charge on any atom is 0.248 e. The Bertz CT molecular complexity index is 931. The lowest BCUT2D eigenvalue weighted by Gasteiger charge is -2.06. The smallest absolute Gasteiger partial charge is 0.248 e. The van der Waals surface area contributed by atoms with Gasteiger partial charge in [0.1, 0.15) is 5.75 Å². The average Bonchev–Trinajstić information content (AvgIpc) is 3.07. The van der Waals surface area contributed by atoms with Crippen molar-refractivity contribution < 1.29 is 9.53 Å². The zero-order valence-electron chi connectivity index (χ0n) is 14.7. The highest BCUT2D eigenvalue weighted by atomic mass is 16.5. The third kappa shape index (κ3) is 4.36. The number of rotatable bonds is 6. The van der Waals surface area contributed by atoms with Crippen molar-refractivity contribution in [1.82, 2.24) is 14.8 Å². The number of aromatic nitrogens is 3. The molecule has 1 amide bonds. The number of benzene rings is 1. The van der Waals surface area contributed by atoms with Gasteiger partial charge in [-0.1, -0.05) is 6.07 Å². The summed E-state index contributed by atoms with van der Waals surface area (Å²) in [5.41, 5.74) is 3.47. The summed E-state index contributed by atoms with van der Waals surface area (Å²) in [5.74, 6) is 0.500. The van der Waals surface area contributed by atoms with Crippen molar-refractivity contribution in [2.75, 3.05) is 11.9 Å². The number of ether oxygens (including phenoxy) is 1. The van der Waals surface area contributed by atoms with Crippen LogP contribution in [0.4, 0.5) is 5.69 Å². The van der Waals surface area contributed by atoms with E-state index >= 15 is 0 Å². The van der Waals surface area contributed by atoms with Gasteiger partial charge in [-0.2, -0.15) is 5.10 Å². The van der Waals surface area contributed by atoms with Gasteiger partial charge >= 0.3 is 0 Å². The topological polar surface area (TPSA) is 69.0 Å². The van der Waals surface area contributed by atoms with Gasteiger partial charge in [0.05, 0.1) is 12.8 Å². The van der Waals surface area contributed by atoms with E-state index in [2.05, 4.69) is 15.4 Å². The lowest BCUT2D eigenvalue weighted by atomic mass is 10.0. The van der Waals surface area contributed by atoms with Gasteiger partial charge in [0, 0.05) is 54.6 Å². The van der Waals surface area contributed by atoms with E-state index < -0.39 is 0 Å². The fourth-order valence-corrected chi connectivity index (χ4v) is 2.54. The van der Waals surface area contributed by atoms with Crippen molar-refractivity contribution >= 4 is 17.7 Å². The number of carbonyl (C=O) groups is 1. The van der Waals surface area contributed by atoms with Crippen LogP contribution < -0.4 is 10.1 Å². The third-order valence-corrected chi connectivity index (χ3v) is 3.69. The number of pyridine rings is 1. The zero-order valence-corrected chi connectivity index (χ0v) is 14.7. The largest absolute Gasteiger partial charge is 0.494 e. The summed E-state index contributed by atoms with van der Waals surface area (Å²) in [4.78, 5) is 16.4. The van der Waals surface area contributed by atoms with Crippen LogP contribution in [0.1, 0.15) is 12.5 Å². The molecule has 0 aliphatic heterocycles. The lowest BCUT2D eigenvalue weighted by molar-refractivity contribution is -0.111. The molecule has 2 aromatic heterocycles. The van der Waals surface area contributed by atoms with Crippen LogP contribution >= 0.6 is 0 Å². The van der Waals surface area contributed by atoms with Gasteiger partial charge in [0.25, 0.3) is 0 Å². The summed E-state index contributed by atoms with van der Waals surface area (Å²) in [7, 11) is 1.87. The molecule has 0 unspecified atom stereocenters. The fourth-order valence-electron chi connectivity index (χ4n) is 2.54. The Morgan fingerprint density at radius 3 is 2.96 bits per heavy atom. The summed E-state index contributed by atoms with van der Waals surface area (Å²) in [5, 5.41) is 7.02. The van der Waals surface area contributed by atoms with Crippen LogP contribution in [0.15, 0.2) is 61.2 Å². The second kappa shape index (κ2) is 8.11. The summed E-state index contributed by atoms with van der Waals surface area (Å²) >= 11 is 0. The molecule has 2 heterocycles. The number of nitrogens with zero attached hydrogens (tertiary/aromatic N) is 3. The Hall–Kier alpha value is -3.41. The number of aryl methyl sites for hydroxylation is 1.